The summed E-state index contributed by atoms with van der Waals surface area (Å²) in [6.45, 7) is 0.616. The molecule has 20 heavy (non-hydrogen) atoms. The highest BCUT2D eigenvalue weighted by Gasteiger charge is 2.40. The van der Waals surface area contributed by atoms with Crippen LogP contribution in [0, 0.1) is 0 Å². The first-order valence-electron chi connectivity index (χ1n) is 6.44. The zero-order chi connectivity index (χ0) is 14.9. The maximum Gasteiger partial charge on any atom is 0.406 e. The van der Waals surface area contributed by atoms with E-state index in [9.17, 15) is 18.0 Å². The molecule has 1 aromatic rings. The Morgan fingerprint density at radius 2 is 2.10 bits per heavy atom. The third-order valence-corrected chi connectivity index (χ3v) is 3.11. The van der Waals surface area contributed by atoms with E-state index >= 15 is 0 Å². The third kappa shape index (κ3) is 3.61. The van der Waals surface area contributed by atoms with Gasteiger partial charge >= 0.3 is 6.18 Å². The van der Waals surface area contributed by atoms with Gasteiger partial charge in [0, 0.05) is 17.3 Å². The molecular formula is C13H16F3N3O. The van der Waals surface area contributed by atoms with Crippen molar-refractivity contribution < 1.29 is 18.0 Å². The molecule has 0 saturated heterocycles. The summed E-state index contributed by atoms with van der Waals surface area (Å²) >= 11 is 0. The van der Waals surface area contributed by atoms with E-state index < -0.39 is 18.6 Å². The van der Waals surface area contributed by atoms with Crippen LogP contribution in [0.1, 0.15) is 35.8 Å². The van der Waals surface area contributed by atoms with E-state index in [0.29, 0.717) is 25.0 Å². The first-order chi connectivity index (χ1) is 9.30. The van der Waals surface area contributed by atoms with E-state index in [1.165, 1.54) is 12.1 Å². The number of pyridine rings is 1. The van der Waals surface area contributed by atoms with Gasteiger partial charge in [-0.15, -0.1) is 0 Å². The highest BCUT2D eigenvalue weighted by Crippen LogP contribution is 2.31. The Morgan fingerprint density at radius 1 is 1.45 bits per heavy atom. The lowest BCUT2D eigenvalue weighted by Crippen LogP contribution is -2.40. The summed E-state index contributed by atoms with van der Waals surface area (Å²) < 4.78 is 37.7. The van der Waals surface area contributed by atoms with Crippen molar-refractivity contribution in [1.29, 1.82) is 0 Å². The van der Waals surface area contributed by atoms with Crippen LogP contribution in [0.2, 0.25) is 0 Å². The van der Waals surface area contributed by atoms with Crippen LogP contribution >= 0.6 is 0 Å². The number of amides is 1. The van der Waals surface area contributed by atoms with Crippen molar-refractivity contribution in [1.82, 2.24) is 9.88 Å². The molecule has 0 spiro atoms. The van der Waals surface area contributed by atoms with Gasteiger partial charge in [-0.3, -0.25) is 4.79 Å². The summed E-state index contributed by atoms with van der Waals surface area (Å²) in [4.78, 5) is 17.2. The van der Waals surface area contributed by atoms with Gasteiger partial charge in [-0.1, -0.05) is 6.92 Å². The predicted octanol–water partition coefficient (Wildman–Crippen LogP) is 2.39. The highest BCUT2D eigenvalue weighted by molar-refractivity contribution is 5.95. The maximum atomic E-state index is 12.6. The first-order valence-corrected chi connectivity index (χ1v) is 6.44. The van der Waals surface area contributed by atoms with E-state index in [2.05, 4.69) is 4.98 Å². The smallest absolute Gasteiger partial charge is 0.384 e. The Balaban J connectivity index is 2.25. The lowest BCUT2D eigenvalue weighted by molar-refractivity contribution is -0.141. The zero-order valence-electron chi connectivity index (χ0n) is 11.1. The van der Waals surface area contributed by atoms with Gasteiger partial charge in [0.05, 0.1) is 0 Å². The SMILES string of the molecule is CCc1cc(C(=O)N(CC(F)(F)F)C2CC2)cc(N)n1. The van der Waals surface area contributed by atoms with Crippen LogP contribution in [0.5, 0.6) is 0 Å². The van der Waals surface area contributed by atoms with Crippen molar-refractivity contribution in [3.05, 3.63) is 23.4 Å². The highest BCUT2D eigenvalue weighted by atomic mass is 19.4. The number of carbonyl (C=O) groups excluding carboxylic acids is 1. The molecule has 2 rings (SSSR count). The van der Waals surface area contributed by atoms with Crippen LogP contribution in [0.25, 0.3) is 0 Å². The van der Waals surface area contributed by atoms with Crippen molar-refractivity contribution in [2.24, 2.45) is 0 Å². The van der Waals surface area contributed by atoms with Gasteiger partial charge in [-0.25, -0.2) is 4.98 Å². The molecule has 2 N–H and O–H groups in total. The fourth-order valence-electron chi connectivity index (χ4n) is 2.03. The quantitative estimate of drug-likeness (QED) is 0.925. The summed E-state index contributed by atoms with van der Waals surface area (Å²) in [6, 6.07) is 2.51. The van der Waals surface area contributed by atoms with Gasteiger partial charge in [0.15, 0.2) is 0 Å². The Kier molecular flexibility index (Phi) is 3.87. The van der Waals surface area contributed by atoms with Crippen molar-refractivity contribution >= 4 is 11.7 Å². The van der Waals surface area contributed by atoms with Gasteiger partial charge in [-0.05, 0) is 31.4 Å². The van der Waals surface area contributed by atoms with Gasteiger partial charge in [0.1, 0.15) is 12.4 Å². The Morgan fingerprint density at radius 3 is 2.60 bits per heavy atom. The number of nitrogen functional groups attached to an aromatic ring is 1. The van der Waals surface area contributed by atoms with E-state index in [4.69, 9.17) is 5.73 Å². The summed E-state index contributed by atoms with van der Waals surface area (Å²) in [5, 5.41) is 0. The average molecular weight is 287 g/mol. The number of hydrogen-bond acceptors (Lipinski definition) is 3. The van der Waals surface area contributed by atoms with Crippen molar-refractivity contribution in [2.75, 3.05) is 12.3 Å². The number of alkyl halides is 3. The number of nitrogens with zero attached hydrogens (tertiary/aromatic N) is 2. The molecule has 0 radical (unpaired) electrons. The average Bonchev–Trinajstić information content (AvgIpc) is 3.17. The molecule has 1 aromatic heterocycles. The molecule has 1 aliphatic carbocycles. The third-order valence-electron chi connectivity index (χ3n) is 3.11. The molecule has 1 saturated carbocycles. The van der Waals surface area contributed by atoms with E-state index in [0.717, 1.165) is 4.90 Å². The Bertz CT molecular complexity index is 512. The standard InChI is InChI=1S/C13H16F3N3O/c1-2-9-5-8(6-11(17)18-9)12(20)19(10-3-4-10)7-13(14,15)16/h5-6,10H,2-4,7H2,1H3,(H2,17,18). The molecule has 4 nitrogen and oxygen atoms in total. The number of rotatable bonds is 4. The summed E-state index contributed by atoms with van der Waals surface area (Å²) in [6.07, 6.45) is -2.61. The summed E-state index contributed by atoms with van der Waals surface area (Å²) in [5.41, 5.74) is 6.35. The minimum Gasteiger partial charge on any atom is -0.384 e. The van der Waals surface area contributed by atoms with Crippen LogP contribution in [-0.4, -0.2) is 34.6 Å². The van der Waals surface area contributed by atoms with Crippen LogP contribution in [0.15, 0.2) is 12.1 Å². The lowest BCUT2D eigenvalue weighted by atomic mass is 10.1. The number of carbonyl (C=O) groups is 1. The van der Waals surface area contributed by atoms with Gasteiger partial charge in [-0.2, -0.15) is 13.2 Å². The van der Waals surface area contributed by atoms with Crippen LogP contribution in [0.4, 0.5) is 19.0 Å². The second kappa shape index (κ2) is 5.30. The van der Waals surface area contributed by atoms with Crippen molar-refractivity contribution in [2.45, 2.75) is 38.4 Å². The number of nitrogens with two attached hydrogens (primary N) is 1. The van der Waals surface area contributed by atoms with E-state index in [1.807, 2.05) is 6.92 Å². The molecule has 0 atom stereocenters. The molecular weight excluding hydrogens is 271 g/mol. The number of anilines is 1. The molecule has 0 aliphatic heterocycles. The van der Waals surface area contributed by atoms with E-state index in [-0.39, 0.29) is 17.4 Å². The lowest BCUT2D eigenvalue weighted by Gasteiger charge is -2.24. The minimum atomic E-state index is -4.40. The first kappa shape index (κ1) is 14.6. The van der Waals surface area contributed by atoms with E-state index in [1.54, 1.807) is 0 Å². The largest absolute Gasteiger partial charge is 0.406 e. The molecule has 110 valence electrons. The molecule has 1 fully saturated rings. The minimum absolute atomic E-state index is 0.149. The monoisotopic (exact) mass is 287 g/mol. The molecule has 7 heteroatoms. The Hall–Kier alpha value is -1.79. The topological polar surface area (TPSA) is 59.2 Å². The predicted molar refractivity (Wildman–Crippen MR) is 68.1 cm³/mol. The van der Waals surface area contributed by atoms with Crippen LogP contribution < -0.4 is 5.73 Å². The number of aryl methyl sites for hydroxylation is 1. The van der Waals surface area contributed by atoms with Crippen LogP contribution in [-0.2, 0) is 6.42 Å². The molecule has 0 unspecified atom stereocenters. The fraction of sp³-hybridized carbons (Fsp3) is 0.538. The summed E-state index contributed by atoms with van der Waals surface area (Å²) in [5.74, 6) is -0.482. The van der Waals surface area contributed by atoms with Crippen molar-refractivity contribution in [3.8, 4) is 0 Å². The molecule has 1 heterocycles. The molecule has 1 amide bonds. The number of halogens is 3. The Labute approximate surface area is 114 Å². The number of hydrogen-bond donors (Lipinski definition) is 1. The van der Waals surface area contributed by atoms with Gasteiger partial charge in [0.25, 0.3) is 5.91 Å². The van der Waals surface area contributed by atoms with Crippen molar-refractivity contribution in [3.63, 3.8) is 0 Å². The van der Waals surface area contributed by atoms with Gasteiger partial charge < -0.3 is 10.6 Å². The van der Waals surface area contributed by atoms with Gasteiger partial charge in [0.2, 0.25) is 0 Å². The number of aromatic nitrogens is 1. The molecule has 0 aromatic carbocycles. The summed E-state index contributed by atoms with van der Waals surface area (Å²) in [7, 11) is 0. The normalized spacial score (nSPS) is 15.2. The second-order valence-corrected chi connectivity index (χ2v) is 4.90. The maximum absolute atomic E-state index is 12.6. The van der Waals surface area contributed by atoms with Crippen LogP contribution in [0.3, 0.4) is 0 Å². The fourth-order valence-corrected chi connectivity index (χ4v) is 2.03. The zero-order valence-corrected chi connectivity index (χ0v) is 11.1. The second-order valence-electron chi connectivity index (χ2n) is 4.90. The molecule has 0 bridgehead atoms. The molecule has 1 aliphatic rings.